The topological polar surface area (TPSA) is 55.6 Å². The van der Waals surface area contributed by atoms with E-state index in [0.29, 0.717) is 30.5 Å². The van der Waals surface area contributed by atoms with Crippen molar-refractivity contribution in [3.8, 4) is 5.75 Å². The number of carbonyl (C=O) groups excluding carboxylic acids is 1. The minimum Gasteiger partial charge on any atom is -0.487 e. The molecule has 1 fully saturated rings. The normalized spacial score (nSPS) is 13.6. The predicted octanol–water partition coefficient (Wildman–Crippen LogP) is 4.43. The van der Waals surface area contributed by atoms with Crippen molar-refractivity contribution in [2.24, 2.45) is 0 Å². The van der Waals surface area contributed by atoms with Crippen LogP contribution in [0.5, 0.6) is 5.75 Å². The molecule has 134 valence electrons. The van der Waals surface area contributed by atoms with Crippen LogP contribution in [-0.4, -0.2) is 21.8 Å². The highest BCUT2D eigenvalue weighted by atomic mass is 32.1. The molecule has 0 N–H and O–H groups in total. The number of rotatable bonds is 7. The van der Waals surface area contributed by atoms with E-state index in [1.165, 1.54) is 0 Å². The molecule has 0 atom stereocenters. The van der Waals surface area contributed by atoms with Crippen LogP contribution in [0.1, 0.15) is 39.7 Å². The average Bonchev–Trinajstić information content (AvgIpc) is 3.20. The molecule has 0 unspecified atom stereocenters. The number of ether oxygens (including phenoxy) is 1. The first kappa shape index (κ1) is 16.8. The maximum atomic E-state index is 13.0. The number of benzene rings is 1. The first-order valence-corrected chi connectivity index (χ1v) is 9.54. The monoisotopic (exact) mass is 368 g/mol. The van der Waals surface area contributed by atoms with Crippen molar-refractivity contribution < 1.29 is 13.9 Å². The molecule has 3 aromatic rings. The molecule has 1 saturated carbocycles. The standard InChI is InChI=1S/C20H20N2O3S/c1-14-21-16(13-26-14)12-25-18-5-2-4-15(10-18)20(23)22(17-7-8-17)11-19-6-3-9-24-19/h2-6,9-10,13,17H,7-8,11-12H2,1H3. The molecule has 1 amide bonds. The number of aryl methyl sites for hydroxylation is 1. The fraction of sp³-hybridized carbons (Fsp3) is 0.300. The number of carbonyl (C=O) groups is 1. The third-order valence-electron chi connectivity index (χ3n) is 4.29. The Bertz CT molecular complexity index is 884. The van der Waals surface area contributed by atoms with E-state index < -0.39 is 0 Å². The SMILES string of the molecule is Cc1nc(COc2cccc(C(=O)N(Cc3ccco3)C3CC3)c2)cs1. The van der Waals surface area contributed by atoms with Crippen molar-refractivity contribution in [3.63, 3.8) is 0 Å². The Morgan fingerprint density at radius 1 is 1.35 bits per heavy atom. The van der Waals surface area contributed by atoms with Crippen molar-refractivity contribution in [1.82, 2.24) is 9.88 Å². The third-order valence-corrected chi connectivity index (χ3v) is 5.11. The van der Waals surface area contributed by atoms with Crippen LogP contribution in [0.15, 0.2) is 52.5 Å². The number of furan rings is 1. The van der Waals surface area contributed by atoms with Crippen molar-refractivity contribution in [2.45, 2.75) is 39.0 Å². The number of hydrogen-bond acceptors (Lipinski definition) is 5. The summed E-state index contributed by atoms with van der Waals surface area (Å²) in [5.74, 6) is 1.49. The van der Waals surface area contributed by atoms with Crippen LogP contribution in [0.3, 0.4) is 0 Å². The molecule has 0 spiro atoms. The molecule has 5 nitrogen and oxygen atoms in total. The number of amides is 1. The predicted molar refractivity (Wildman–Crippen MR) is 99.2 cm³/mol. The van der Waals surface area contributed by atoms with Gasteiger partial charge < -0.3 is 14.1 Å². The summed E-state index contributed by atoms with van der Waals surface area (Å²) in [6.45, 7) is 2.87. The van der Waals surface area contributed by atoms with Gasteiger partial charge in [-0.3, -0.25) is 4.79 Å². The van der Waals surface area contributed by atoms with Gasteiger partial charge in [0.2, 0.25) is 0 Å². The Morgan fingerprint density at radius 3 is 2.92 bits per heavy atom. The summed E-state index contributed by atoms with van der Waals surface area (Å²) in [5.41, 5.74) is 1.54. The number of hydrogen-bond donors (Lipinski definition) is 0. The minimum absolute atomic E-state index is 0.0128. The van der Waals surface area contributed by atoms with Crippen LogP contribution >= 0.6 is 11.3 Å². The zero-order valence-electron chi connectivity index (χ0n) is 14.6. The van der Waals surface area contributed by atoms with Gasteiger partial charge in [-0.15, -0.1) is 11.3 Å². The van der Waals surface area contributed by atoms with Gasteiger partial charge >= 0.3 is 0 Å². The van der Waals surface area contributed by atoms with Crippen molar-refractivity contribution in [1.29, 1.82) is 0 Å². The van der Waals surface area contributed by atoms with Gasteiger partial charge in [0, 0.05) is 17.0 Å². The van der Waals surface area contributed by atoms with Crippen LogP contribution in [0.4, 0.5) is 0 Å². The average molecular weight is 368 g/mol. The van der Waals surface area contributed by atoms with Crippen LogP contribution in [0.2, 0.25) is 0 Å². The third kappa shape index (κ3) is 3.96. The molecule has 4 rings (SSSR count). The first-order chi connectivity index (χ1) is 12.7. The van der Waals surface area contributed by atoms with Gasteiger partial charge in [0.1, 0.15) is 18.1 Å². The Labute approximate surface area is 156 Å². The molecule has 2 heterocycles. The minimum atomic E-state index is 0.0128. The Kier molecular flexibility index (Phi) is 4.75. The summed E-state index contributed by atoms with van der Waals surface area (Å²) in [4.78, 5) is 19.3. The molecular weight excluding hydrogens is 348 g/mol. The van der Waals surface area contributed by atoms with E-state index in [1.54, 1.807) is 23.7 Å². The maximum Gasteiger partial charge on any atom is 0.254 e. The first-order valence-electron chi connectivity index (χ1n) is 8.66. The molecule has 0 bridgehead atoms. The van der Waals surface area contributed by atoms with Crippen LogP contribution < -0.4 is 4.74 Å². The molecule has 1 aromatic carbocycles. The highest BCUT2D eigenvalue weighted by Gasteiger charge is 2.33. The zero-order valence-corrected chi connectivity index (χ0v) is 15.4. The zero-order chi connectivity index (χ0) is 17.9. The summed E-state index contributed by atoms with van der Waals surface area (Å²) in [5, 5.41) is 3.01. The van der Waals surface area contributed by atoms with E-state index in [2.05, 4.69) is 4.98 Å². The summed E-state index contributed by atoms with van der Waals surface area (Å²) in [6.07, 6.45) is 3.73. The number of nitrogens with zero attached hydrogens (tertiary/aromatic N) is 2. The van der Waals surface area contributed by atoms with E-state index in [-0.39, 0.29) is 5.91 Å². The van der Waals surface area contributed by atoms with Crippen LogP contribution in [0.25, 0.3) is 0 Å². The van der Waals surface area contributed by atoms with E-state index in [1.807, 2.05) is 47.5 Å². The van der Waals surface area contributed by atoms with E-state index in [0.717, 1.165) is 29.3 Å². The van der Waals surface area contributed by atoms with Gasteiger partial charge in [0.05, 0.1) is 23.5 Å². The lowest BCUT2D eigenvalue weighted by Gasteiger charge is -2.21. The molecule has 26 heavy (non-hydrogen) atoms. The molecule has 1 aliphatic rings. The van der Waals surface area contributed by atoms with Gasteiger partial charge in [0.15, 0.2) is 0 Å². The Hall–Kier alpha value is -2.60. The fourth-order valence-electron chi connectivity index (χ4n) is 2.84. The van der Waals surface area contributed by atoms with E-state index in [9.17, 15) is 4.79 Å². The van der Waals surface area contributed by atoms with Crippen molar-refractivity contribution in [3.05, 3.63) is 70.1 Å². The van der Waals surface area contributed by atoms with Crippen molar-refractivity contribution in [2.75, 3.05) is 0 Å². The van der Waals surface area contributed by atoms with Gasteiger partial charge in [0.25, 0.3) is 5.91 Å². The van der Waals surface area contributed by atoms with Gasteiger partial charge in [-0.25, -0.2) is 4.98 Å². The van der Waals surface area contributed by atoms with Gasteiger partial charge in [-0.05, 0) is 50.1 Å². The summed E-state index contributed by atoms with van der Waals surface area (Å²) < 4.78 is 11.2. The highest BCUT2D eigenvalue weighted by molar-refractivity contribution is 7.09. The smallest absolute Gasteiger partial charge is 0.254 e. The summed E-state index contributed by atoms with van der Waals surface area (Å²) >= 11 is 1.60. The second kappa shape index (κ2) is 7.33. The highest BCUT2D eigenvalue weighted by Crippen LogP contribution is 2.30. The molecule has 0 aliphatic heterocycles. The molecule has 0 saturated heterocycles. The summed E-state index contributed by atoms with van der Waals surface area (Å²) in [7, 11) is 0. The number of thiazole rings is 1. The Morgan fingerprint density at radius 2 is 2.23 bits per heavy atom. The van der Waals surface area contributed by atoms with Crippen LogP contribution in [-0.2, 0) is 13.2 Å². The second-order valence-electron chi connectivity index (χ2n) is 6.42. The lowest BCUT2D eigenvalue weighted by atomic mass is 10.1. The largest absolute Gasteiger partial charge is 0.487 e. The second-order valence-corrected chi connectivity index (χ2v) is 7.48. The van der Waals surface area contributed by atoms with Crippen LogP contribution in [0, 0.1) is 6.92 Å². The maximum absolute atomic E-state index is 13.0. The molecule has 0 radical (unpaired) electrons. The Balaban J connectivity index is 1.46. The van der Waals surface area contributed by atoms with Gasteiger partial charge in [-0.2, -0.15) is 0 Å². The van der Waals surface area contributed by atoms with E-state index in [4.69, 9.17) is 9.15 Å². The number of aromatic nitrogens is 1. The quantitative estimate of drug-likeness (QED) is 0.619. The summed E-state index contributed by atoms with van der Waals surface area (Å²) in [6, 6.07) is 11.4. The molecule has 1 aliphatic carbocycles. The molecule has 2 aromatic heterocycles. The fourth-order valence-corrected chi connectivity index (χ4v) is 3.44. The molecule has 6 heteroatoms. The lowest BCUT2D eigenvalue weighted by molar-refractivity contribution is 0.0717. The lowest BCUT2D eigenvalue weighted by Crippen LogP contribution is -2.32. The molecular formula is C20H20N2O3S. The van der Waals surface area contributed by atoms with E-state index >= 15 is 0 Å². The van der Waals surface area contributed by atoms with Crippen molar-refractivity contribution >= 4 is 17.2 Å². The van der Waals surface area contributed by atoms with Gasteiger partial charge in [-0.1, -0.05) is 6.07 Å².